The number of likely N-dealkylation sites (tertiary alicyclic amines) is 2. The molecule has 2 aliphatic carbocycles. The van der Waals surface area contributed by atoms with Gasteiger partial charge >= 0.3 is 6.02 Å². The summed E-state index contributed by atoms with van der Waals surface area (Å²) in [7, 11) is 0. The molecule has 47 heavy (non-hydrogen) atoms. The number of hydrogen-bond acceptors (Lipinski definition) is 8. The quantitative estimate of drug-likeness (QED) is 0.410. The number of nitrogens with zero attached hydrogens (tertiary/aromatic N) is 4. The highest BCUT2D eigenvalue weighted by Gasteiger charge is 2.49. The van der Waals surface area contributed by atoms with Gasteiger partial charge in [0.2, 0.25) is 0 Å². The van der Waals surface area contributed by atoms with E-state index in [1.807, 2.05) is 0 Å². The molecule has 5 fully saturated rings. The van der Waals surface area contributed by atoms with Crippen LogP contribution in [0.15, 0.2) is 58.0 Å². The van der Waals surface area contributed by atoms with E-state index in [-0.39, 0.29) is 39.9 Å². The molecule has 6 atom stereocenters. The Kier molecular flexibility index (Phi) is 7.02. The first-order valence-corrected chi connectivity index (χ1v) is 17.4. The molecule has 2 aromatic carbocycles. The third-order valence-corrected chi connectivity index (χ3v) is 11.7. The van der Waals surface area contributed by atoms with Gasteiger partial charge in [0.05, 0.1) is 30.3 Å². The van der Waals surface area contributed by atoms with Gasteiger partial charge in [-0.05, 0) is 75.1 Å². The molecule has 5 heterocycles. The Labute approximate surface area is 278 Å². The highest BCUT2D eigenvalue weighted by Crippen LogP contribution is 2.49. The standard InChI is InChI=1S/C36H40ClF2N5O3/c1-35-8-7-21(42-35)14-44(17-35)33-26-13-28(38)30(25-12-22(45)11-20-3-2-4-27(37)29(20)25)31(39)32(26)40-34(41-33)46-19-36(9-10-36)18-43-15-23-5-6-24(16-43)47-23/h2-4,11-13,21,23-24,26,32,42,45H,5-10,14-19H2,1H3/t21?,23?,24?,26?,32?,35-/m0/s1. The number of benzene rings is 2. The number of ether oxygens (including phenoxy) is 2. The Morgan fingerprint density at radius 2 is 1.91 bits per heavy atom. The Morgan fingerprint density at radius 3 is 2.68 bits per heavy atom. The maximum atomic E-state index is 16.9. The molecule has 9 rings (SSSR count). The number of rotatable bonds is 5. The normalized spacial score (nSPS) is 34.3. The minimum Gasteiger partial charge on any atom is -0.508 e. The fourth-order valence-corrected chi connectivity index (χ4v) is 9.24. The smallest absolute Gasteiger partial charge is 0.314 e. The molecule has 1 saturated carbocycles. The Morgan fingerprint density at radius 1 is 1.11 bits per heavy atom. The number of halogens is 3. The van der Waals surface area contributed by atoms with Crippen LogP contribution in [-0.4, -0.2) is 95.9 Å². The van der Waals surface area contributed by atoms with Gasteiger partial charge in [0.1, 0.15) is 29.3 Å². The van der Waals surface area contributed by atoms with E-state index < -0.39 is 23.6 Å². The first-order valence-electron chi connectivity index (χ1n) is 17.0. The zero-order valence-corrected chi connectivity index (χ0v) is 27.3. The van der Waals surface area contributed by atoms with Gasteiger partial charge in [-0.1, -0.05) is 23.7 Å². The van der Waals surface area contributed by atoms with Crippen molar-refractivity contribution in [3.63, 3.8) is 0 Å². The third kappa shape index (κ3) is 5.36. The van der Waals surface area contributed by atoms with Crippen LogP contribution in [0.25, 0.3) is 16.3 Å². The zero-order valence-electron chi connectivity index (χ0n) is 26.5. The Bertz CT molecular complexity index is 1760. The first kappa shape index (κ1) is 30.0. The molecule has 7 aliphatic rings. The molecule has 5 unspecified atom stereocenters. The molecule has 0 spiro atoms. The number of piperazine rings is 1. The number of allylic oxidation sites excluding steroid dienone is 2. The largest absolute Gasteiger partial charge is 0.508 e. The molecule has 11 heteroatoms. The third-order valence-electron chi connectivity index (χ3n) is 11.4. The number of amidine groups is 2. The zero-order chi connectivity index (χ0) is 32.1. The number of fused-ring (bicyclic) bond motifs is 6. The highest BCUT2D eigenvalue weighted by molar-refractivity contribution is 6.36. The molecule has 8 nitrogen and oxygen atoms in total. The molecule has 248 valence electrons. The average Bonchev–Trinajstić information content (AvgIpc) is 3.62. The summed E-state index contributed by atoms with van der Waals surface area (Å²) < 4.78 is 45.7. The van der Waals surface area contributed by atoms with Crippen LogP contribution in [0, 0.1) is 11.3 Å². The van der Waals surface area contributed by atoms with Gasteiger partial charge < -0.3 is 24.8 Å². The van der Waals surface area contributed by atoms with Crippen molar-refractivity contribution in [2.75, 3.05) is 39.3 Å². The number of hydrogen-bond donors (Lipinski definition) is 2. The molecule has 0 radical (unpaired) electrons. The van der Waals surface area contributed by atoms with Crippen molar-refractivity contribution in [1.82, 2.24) is 15.1 Å². The first-order chi connectivity index (χ1) is 22.6. The number of phenolic OH excluding ortho intramolecular Hbond substituents is 1. The predicted octanol–water partition coefficient (Wildman–Crippen LogP) is 5.99. The average molecular weight is 664 g/mol. The second-order valence-electron chi connectivity index (χ2n) is 15.2. The molecule has 2 aromatic rings. The summed E-state index contributed by atoms with van der Waals surface area (Å²) in [5, 5.41) is 15.7. The number of nitrogens with one attached hydrogen (secondary N) is 1. The van der Waals surface area contributed by atoms with Gasteiger partial charge in [-0.2, -0.15) is 4.99 Å². The highest BCUT2D eigenvalue weighted by atomic mass is 35.5. The van der Waals surface area contributed by atoms with E-state index in [9.17, 15) is 5.11 Å². The van der Waals surface area contributed by atoms with Gasteiger partial charge in [0.15, 0.2) is 0 Å². The van der Waals surface area contributed by atoms with Crippen LogP contribution >= 0.6 is 11.6 Å². The summed E-state index contributed by atoms with van der Waals surface area (Å²) in [6, 6.07) is 7.48. The number of phenols is 1. The van der Waals surface area contributed by atoms with Crippen molar-refractivity contribution in [1.29, 1.82) is 0 Å². The fourth-order valence-electron chi connectivity index (χ4n) is 8.96. The molecule has 0 amide bonds. The molecule has 0 aromatic heterocycles. The van der Waals surface area contributed by atoms with Gasteiger partial charge in [-0.25, -0.2) is 13.8 Å². The minimum atomic E-state index is -1.06. The van der Waals surface area contributed by atoms with Crippen LogP contribution in [0.3, 0.4) is 0 Å². The Balaban J connectivity index is 1.06. The topological polar surface area (TPSA) is 81.9 Å². The summed E-state index contributed by atoms with van der Waals surface area (Å²) in [6.07, 6.45) is 8.57. The molecule has 4 bridgehead atoms. The van der Waals surface area contributed by atoms with E-state index in [0.29, 0.717) is 53.5 Å². The minimum absolute atomic E-state index is 0.0167. The number of aromatic hydroxyl groups is 1. The van der Waals surface area contributed by atoms with Crippen LogP contribution in [0.5, 0.6) is 5.75 Å². The van der Waals surface area contributed by atoms with Crippen molar-refractivity contribution < 1.29 is 23.4 Å². The van der Waals surface area contributed by atoms with Crippen molar-refractivity contribution in [2.45, 2.75) is 75.3 Å². The van der Waals surface area contributed by atoms with Crippen molar-refractivity contribution in [2.24, 2.45) is 21.3 Å². The number of aliphatic imine (C=N–C) groups is 2. The van der Waals surface area contributed by atoms with Crippen molar-refractivity contribution >= 4 is 39.8 Å². The maximum Gasteiger partial charge on any atom is 0.314 e. The lowest BCUT2D eigenvalue weighted by molar-refractivity contribution is -0.0462. The fraction of sp³-hybridized carbons (Fsp3) is 0.556. The van der Waals surface area contributed by atoms with Gasteiger partial charge in [-0.15, -0.1) is 0 Å². The van der Waals surface area contributed by atoms with Gasteiger partial charge in [0, 0.05) is 65.7 Å². The summed E-state index contributed by atoms with van der Waals surface area (Å²) in [5.74, 6) is -1.67. The van der Waals surface area contributed by atoms with E-state index >= 15 is 8.78 Å². The summed E-state index contributed by atoms with van der Waals surface area (Å²) in [6.45, 7) is 6.89. The van der Waals surface area contributed by atoms with Crippen molar-refractivity contribution in [3.05, 3.63) is 58.6 Å². The second kappa shape index (κ2) is 11.0. The Hall–Kier alpha value is -3.05. The number of morpholine rings is 1. The van der Waals surface area contributed by atoms with Crippen LogP contribution in [-0.2, 0) is 9.47 Å². The van der Waals surface area contributed by atoms with E-state index in [1.54, 1.807) is 24.3 Å². The summed E-state index contributed by atoms with van der Waals surface area (Å²) in [5.41, 5.74) is -0.124. The van der Waals surface area contributed by atoms with Crippen molar-refractivity contribution in [3.8, 4) is 5.75 Å². The van der Waals surface area contributed by atoms with Crippen LogP contribution in [0.4, 0.5) is 8.78 Å². The SMILES string of the molecule is C[C@]12CCC(CN(C3=NC(OCC4(CN5CC6CCC(C5)O6)CC4)=NC4C(F)=C(c5cc(O)cc6cccc(Cl)c56)C(F)=CC34)C1)N2. The van der Waals surface area contributed by atoms with Gasteiger partial charge in [0.25, 0.3) is 0 Å². The summed E-state index contributed by atoms with van der Waals surface area (Å²) in [4.78, 5) is 14.4. The van der Waals surface area contributed by atoms with E-state index in [0.717, 1.165) is 58.2 Å². The molecule has 5 aliphatic heterocycles. The predicted molar refractivity (Wildman–Crippen MR) is 178 cm³/mol. The van der Waals surface area contributed by atoms with Crippen LogP contribution < -0.4 is 5.32 Å². The lowest BCUT2D eigenvalue weighted by Crippen LogP contribution is -2.61. The van der Waals surface area contributed by atoms with Gasteiger partial charge in [-0.3, -0.25) is 4.90 Å². The molecule has 4 saturated heterocycles. The molecule has 2 N–H and O–H groups in total. The second-order valence-corrected chi connectivity index (χ2v) is 15.6. The monoisotopic (exact) mass is 663 g/mol. The van der Waals surface area contributed by atoms with E-state index in [4.69, 9.17) is 31.1 Å². The van der Waals surface area contributed by atoms with E-state index in [2.05, 4.69) is 22.0 Å². The van der Waals surface area contributed by atoms with Crippen LogP contribution in [0.2, 0.25) is 5.02 Å². The van der Waals surface area contributed by atoms with E-state index in [1.165, 1.54) is 12.1 Å². The van der Waals surface area contributed by atoms with Crippen LogP contribution in [0.1, 0.15) is 51.0 Å². The lowest BCUT2D eigenvalue weighted by atomic mass is 9.83. The molecular weight excluding hydrogens is 624 g/mol. The summed E-state index contributed by atoms with van der Waals surface area (Å²) >= 11 is 6.58. The maximum absolute atomic E-state index is 16.9. The lowest BCUT2D eigenvalue weighted by Gasteiger charge is -2.44. The molecular formula is C36H40ClF2N5O3.